The van der Waals surface area contributed by atoms with Gasteiger partial charge in [-0.3, -0.25) is 29.5 Å². The molecule has 9 heteroatoms. The molecule has 0 unspecified atom stereocenters. The molecule has 1 amide bonds. The van der Waals surface area contributed by atoms with E-state index in [-0.39, 0.29) is 22.9 Å². The van der Waals surface area contributed by atoms with E-state index in [2.05, 4.69) is 10.3 Å². The summed E-state index contributed by atoms with van der Waals surface area (Å²) in [6.07, 6.45) is 5.01. The fourth-order valence-electron chi connectivity index (χ4n) is 7.00. The third-order valence-electron chi connectivity index (χ3n) is 8.76. The molecule has 1 spiro atoms. The Morgan fingerprint density at radius 3 is 2.31 bits per heavy atom. The van der Waals surface area contributed by atoms with Crippen molar-refractivity contribution in [2.75, 3.05) is 10.2 Å². The van der Waals surface area contributed by atoms with Gasteiger partial charge in [0, 0.05) is 52.6 Å². The first-order chi connectivity index (χ1) is 20.3. The van der Waals surface area contributed by atoms with E-state index in [1.54, 1.807) is 18.2 Å². The van der Waals surface area contributed by atoms with E-state index in [1.807, 2.05) is 60.4 Å². The number of fused-ring (bicyclic) bond motifs is 6. The Hall–Kier alpha value is -5.44. The molecule has 0 radical (unpaired) electrons. The molecule has 1 aromatic heterocycles. The zero-order chi connectivity index (χ0) is 29.2. The second-order valence-corrected chi connectivity index (χ2v) is 10.8. The smallest absolute Gasteiger partial charge is 0.269 e. The van der Waals surface area contributed by atoms with Gasteiger partial charge >= 0.3 is 0 Å². The van der Waals surface area contributed by atoms with Crippen molar-refractivity contribution in [1.82, 2.24) is 4.98 Å². The Kier molecular flexibility index (Phi) is 5.65. The van der Waals surface area contributed by atoms with Crippen molar-refractivity contribution >= 4 is 40.1 Å². The summed E-state index contributed by atoms with van der Waals surface area (Å²) >= 11 is 0. The van der Waals surface area contributed by atoms with E-state index < -0.39 is 34.1 Å². The molecule has 42 heavy (non-hydrogen) atoms. The number of nitro benzene ring substituents is 1. The van der Waals surface area contributed by atoms with Gasteiger partial charge < -0.3 is 10.2 Å². The van der Waals surface area contributed by atoms with Gasteiger partial charge in [0.25, 0.3) is 5.69 Å². The molecule has 4 aromatic rings. The number of aromatic nitrogens is 1. The maximum Gasteiger partial charge on any atom is 0.269 e. The average molecular weight is 557 g/mol. The van der Waals surface area contributed by atoms with Crippen molar-refractivity contribution in [3.05, 3.63) is 136 Å². The summed E-state index contributed by atoms with van der Waals surface area (Å²) in [6, 6.07) is 21.7. The van der Waals surface area contributed by atoms with Gasteiger partial charge in [-0.15, -0.1) is 0 Å². The van der Waals surface area contributed by atoms with Gasteiger partial charge in [-0.1, -0.05) is 42.5 Å². The van der Waals surface area contributed by atoms with Crippen LogP contribution in [0.3, 0.4) is 0 Å². The van der Waals surface area contributed by atoms with Crippen molar-refractivity contribution in [1.29, 1.82) is 0 Å². The molecule has 3 aliphatic rings. The first-order valence-corrected chi connectivity index (χ1v) is 13.5. The molecule has 1 saturated heterocycles. The first kappa shape index (κ1) is 25.5. The van der Waals surface area contributed by atoms with Gasteiger partial charge in [0.1, 0.15) is 11.5 Å². The SMILES string of the molecule is CC1=C[C@@H]2N(c3ccccc31)[C@@H](C(=O)c1ccc([N+](=O)[O-])cc1)[C@@H](C(=O)c1ccncc1)[C@]21C(=O)Nc2ccccc21. The summed E-state index contributed by atoms with van der Waals surface area (Å²) in [4.78, 5) is 60.5. The Balaban J connectivity index is 1.53. The van der Waals surface area contributed by atoms with Gasteiger partial charge in [0.15, 0.2) is 11.6 Å². The molecule has 7 rings (SSSR count). The van der Waals surface area contributed by atoms with Crippen LogP contribution in [0, 0.1) is 16.0 Å². The number of carbonyl (C=O) groups excluding carboxylic acids is 3. The predicted molar refractivity (Wildman–Crippen MR) is 156 cm³/mol. The minimum Gasteiger partial charge on any atom is -0.352 e. The molecule has 1 fully saturated rings. The number of nitrogens with zero attached hydrogens (tertiary/aromatic N) is 3. The standard InChI is InChI=1S/C33H24N4O5/c1-19-18-27-33(24-7-3-4-8-25(24)35-32(33)40)28(30(38)21-14-16-34-17-15-21)29(36(27)26-9-5-2-6-23(19)26)31(39)20-10-12-22(13-11-20)37(41)42/h2-18,27-29H,1H3,(H,35,40)/t27-,28-,29+,33+/m0/s1. The Labute approximate surface area is 240 Å². The van der Waals surface area contributed by atoms with E-state index in [4.69, 9.17) is 0 Å². The van der Waals surface area contributed by atoms with Crippen LogP contribution in [0.15, 0.2) is 103 Å². The minimum atomic E-state index is -1.44. The second kappa shape index (κ2) is 9.31. The lowest BCUT2D eigenvalue weighted by Gasteiger charge is -2.39. The van der Waals surface area contributed by atoms with Crippen molar-refractivity contribution < 1.29 is 19.3 Å². The Bertz CT molecular complexity index is 1830. The van der Waals surface area contributed by atoms with Crippen LogP contribution in [-0.4, -0.2) is 39.5 Å². The number of ketones is 2. The van der Waals surface area contributed by atoms with Crippen LogP contribution < -0.4 is 10.2 Å². The number of Topliss-reactive ketones (excluding diaryl/α,β-unsaturated/α-hetero) is 2. The highest BCUT2D eigenvalue weighted by atomic mass is 16.6. The number of non-ortho nitro benzene ring substituents is 1. The first-order valence-electron chi connectivity index (χ1n) is 13.5. The van der Waals surface area contributed by atoms with Crippen LogP contribution >= 0.6 is 0 Å². The quantitative estimate of drug-likeness (QED) is 0.203. The highest BCUT2D eigenvalue weighted by Gasteiger charge is 2.70. The number of nitrogens with one attached hydrogen (secondary N) is 1. The van der Waals surface area contributed by atoms with Crippen LogP contribution in [0.1, 0.15) is 38.8 Å². The van der Waals surface area contributed by atoms with Gasteiger partial charge in [0.05, 0.1) is 16.9 Å². The molecular formula is C33H24N4O5. The second-order valence-electron chi connectivity index (χ2n) is 10.8. The molecule has 206 valence electrons. The lowest BCUT2D eigenvalue weighted by atomic mass is 9.64. The highest BCUT2D eigenvalue weighted by molar-refractivity contribution is 6.18. The summed E-state index contributed by atoms with van der Waals surface area (Å²) in [7, 11) is 0. The molecule has 4 atom stereocenters. The zero-order valence-electron chi connectivity index (χ0n) is 22.4. The number of anilines is 2. The topological polar surface area (TPSA) is 123 Å². The maximum atomic E-state index is 14.7. The third-order valence-corrected chi connectivity index (χ3v) is 8.76. The Morgan fingerprint density at radius 2 is 1.57 bits per heavy atom. The molecule has 4 heterocycles. The van der Waals surface area contributed by atoms with E-state index in [0.29, 0.717) is 16.8 Å². The fourth-order valence-corrected chi connectivity index (χ4v) is 7.00. The number of amides is 1. The van der Waals surface area contributed by atoms with Gasteiger partial charge in [-0.2, -0.15) is 0 Å². The number of carbonyl (C=O) groups is 3. The molecule has 0 saturated carbocycles. The minimum absolute atomic E-state index is 0.150. The third kappa shape index (κ3) is 3.43. The number of rotatable bonds is 5. The molecule has 0 aliphatic carbocycles. The van der Waals surface area contributed by atoms with Gasteiger partial charge in [0.2, 0.25) is 5.91 Å². The number of nitro groups is 1. The molecule has 3 aromatic carbocycles. The maximum absolute atomic E-state index is 14.7. The summed E-state index contributed by atoms with van der Waals surface area (Å²) < 4.78 is 0. The van der Waals surface area contributed by atoms with E-state index in [9.17, 15) is 24.5 Å². The number of para-hydroxylation sites is 2. The zero-order valence-corrected chi connectivity index (χ0v) is 22.4. The monoisotopic (exact) mass is 556 g/mol. The molecule has 1 N–H and O–H groups in total. The van der Waals surface area contributed by atoms with Crippen LogP contribution in [-0.2, 0) is 10.2 Å². The number of benzene rings is 3. The highest BCUT2D eigenvalue weighted by Crippen LogP contribution is 2.58. The van der Waals surface area contributed by atoms with E-state index >= 15 is 0 Å². The fraction of sp³-hybridized carbons (Fsp3) is 0.152. The van der Waals surface area contributed by atoms with Crippen LogP contribution in [0.4, 0.5) is 17.1 Å². The van der Waals surface area contributed by atoms with Crippen LogP contribution in [0.5, 0.6) is 0 Å². The number of hydrogen-bond acceptors (Lipinski definition) is 7. The van der Waals surface area contributed by atoms with Crippen molar-refractivity contribution in [2.45, 2.75) is 24.4 Å². The van der Waals surface area contributed by atoms with Crippen molar-refractivity contribution in [3.63, 3.8) is 0 Å². The Morgan fingerprint density at radius 1 is 0.905 bits per heavy atom. The predicted octanol–water partition coefficient (Wildman–Crippen LogP) is 5.24. The largest absolute Gasteiger partial charge is 0.352 e. The lowest BCUT2D eigenvalue weighted by Crippen LogP contribution is -2.51. The average Bonchev–Trinajstić information content (AvgIpc) is 3.49. The molecule has 3 aliphatic heterocycles. The molecule has 9 nitrogen and oxygen atoms in total. The number of hydrogen-bond donors (Lipinski definition) is 1. The van der Waals surface area contributed by atoms with E-state index in [0.717, 1.165) is 16.8 Å². The van der Waals surface area contributed by atoms with Crippen LogP contribution in [0.2, 0.25) is 0 Å². The molecule has 0 bridgehead atoms. The van der Waals surface area contributed by atoms with Gasteiger partial charge in [-0.05, 0) is 54.5 Å². The lowest BCUT2D eigenvalue weighted by molar-refractivity contribution is -0.384. The number of pyridine rings is 1. The normalized spacial score (nSPS) is 23.5. The van der Waals surface area contributed by atoms with Crippen LogP contribution in [0.25, 0.3) is 5.57 Å². The van der Waals surface area contributed by atoms with Gasteiger partial charge in [-0.25, -0.2) is 0 Å². The number of allylic oxidation sites excluding steroid dienone is 1. The summed E-state index contributed by atoms with van der Waals surface area (Å²) in [5, 5.41) is 14.3. The molecular weight excluding hydrogens is 532 g/mol. The summed E-state index contributed by atoms with van der Waals surface area (Å²) in [6.45, 7) is 1.97. The van der Waals surface area contributed by atoms with Crippen molar-refractivity contribution in [2.24, 2.45) is 5.92 Å². The van der Waals surface area contributed by atoms with Crippen molar-refractivity contribution in [3.8, 4) is 0 Å². The van der Waals surface area contributed by atoms with E-state index in [1.165, 1.54) is 36.7 Å². The summed E-state index contributed by atoms with van der Waals surface area (Å²) in [5.41, 5.74) is 2.78. The summed E-state index contributed by atoms with van der Waals surface area (Å²) in [5.74, 6) is -2.25.